The second kappa shape index (κ2) is 10.0. The molecular weight excluding hydrogens is 565 g/mol. The van der Waals surface area contributed by atoms with E-state index in [1.54, 1.807) is 4.90 Å². The standard InChI is InChI=1S/C29H39BrFN5O3/c1-18-15-21-24(23(31)22(18)30)32-26(38-20-7-11-34(12-8-20)19-5-6-19)33-25(21)35-13-9-29(10-14-35)16-36(17-29)27(37)39-28(2,3)4/h15,19-20H,5-14,16-17H2,1-4H3. The highest BCUT2D eigenvalue weighted by Crippen LogP contribution is 2.43. The number of likely N-dealkylation sites (tertiary alicyclic amines) is 2. The predicted octanol–water partition coefficient (Wildman–Crippen LogP) is 5.68. The number of nitrogens with zero attached hydrogens (tertiary/aromatic N) is 5. The maximum Gasteiger partial charge on any atom is 0.410 e. The van der Waals surface area contributed by atoms with Gasteiger partial charge in [-0.25, -0.2) is 9.18 Å². The highest BCUT2D eigenvalue weighted by molar-refractivity contribution is 9.10. The number of anilines is 1. The number of benzene rings is 1. The van der Waals surface area contributed by atoms with Gasteiger partial charge >= 0.3 is 12.1 Å². The molecule has 4 fully saturated rings. The second-order valence-electron chi connectivity index (χ2n) is 13.0. The van der Waals surface area contributed by atoms with E-state index in [9.17, 15) is 4.79 Å². The minimum Gasteiger partial charge on any atom is -0.460 e. The number of ether oxygens (including phenoxy) is 2. The fourth-order valence-corrected chi connectivity index (χ4v) is 6.57. The first kappa shape index (κ1) is 27.0. The van der Waals surface area contributed by atoms with E-state index in [2.05, 4.69) is 30.7 Å². The molecule has 39 heavy (non-hydrogen) atoms. The predicted molar refractivity (Wildman–Crippen MR) is 152 cm³/mol. The van der Waals surface area contributed by atoms with E-state index >= 15 is 4.39 Å². The van der Waals surface area contributed by atoms with Crippen LogP contribution in [0.4, 0.5) is 15.0 Å². The lowest BCUT2D eigenvalue weighted by Gasteiger charge is -2.53. The van der Waals surface area contributed by atoms with E-state index in [1.807, 2.05) is 33.8 Å². The van der Waals surface area contributed by atoms with E-state index in [1.165, 1.54) is 12.8 Å². The van der Waals surface area contributed by atoms with Gasteiger partial charge in [-0.15, -0.1) is 0 Å². The number of hydrogen-bond acceptors (Lipinski definition) is 7. The molecular formula is C29H39BrFN5O3. The van der Waals surface area contributed by atoms with Crippen LogP contribution >= 0.6 is 15.9 Å². The third-order valence-electron chi connectivity index (χ3n) is 8.65. The third-order valence-corrected chi connectivity index (χ3v) is 9.63. The van der Waals surface area contributed by atoms with Crippen molar-refractivity contribution in [1.29, 1.82) is 0 Å². The number of fused-ring (bicyclic) bond motifs is 1. The van der Waals surface area contributed by atoms with E-state index in [0.717, 1.165) is 82.4 Å². The maximum atomic E-state index is 15.5. The van der Waals surface area contributed by atoms with Gasteiger partial charge in [0.2, 0.25) is 0 Å². The van der Waals surface area contributed by atoms with Crippen molar-refractivity contribution in [3.05, 3.63) is 21.9 Å². The molecule has 2 aromatic rings. The molecule has 212 valence electrons. The topological polar surface area (TPSA) is 71.0 Å². The third kappa shape index (κ3) is 5.56. The van der Waals surface area contributed by atoms with Crippen molar-refractivity contribution in [2.45, 2.75) is 84.0 Å². The average Bonchev–Trinajstić information content (AvgIpc) is 3.71. The summed E-state index contributed by atoms with van der Waals surface area (Å²) in [5, 5.41) is 0.712. The molecule has 1 amide bonds. The first-order valence-electron chi connectivity index (χ1n) is 14.3. The summed E-state index contributed by atoms with van der Waals surface area (Å²) in [6.45, 7) is 12.6. The van der Waals surface area contributed by atoms with Crippen LogP contribution in [0.1, 0.15) is 64.9 Å². The first-order chi connectivity index (χ1) is 18.5. The minimum absolute atomic E-state index is 0.0423. The molecule has 1 spiro atoms. The van der Waals surface area contributed by atoms with E-state index in [0.29, 0.717) is 15.4 Å². The number of amides is 1. The normalized spacial score (nSPS) is 22.3. The number of rotatable bonds is 4. The largest absolute Gasteiger partial charge is 0.460 e. The Morgan fingerprint density at radius 2 is 1.74 bits per heavy atom. The summed E-state index contributed by atoms with van der Waals surface area (Å²) in [5.41, 5.74) is 0.720. The molecule has 4 aliphatic rings. The van der Waals surface area contributed by atoms with Crippen LogP contribution in [0.2, 0.25) is 0 Å². The fraction of sp³-hybridized carbons (Fsp3) is 0.690. The molecule has 0 radical (unpaired) electrons. The van der Waals surface area contributed by atoms with Crippen molar-refractivity contribution in [1.82, 2.24) is 19.8 Å². The minimum atomic E-state index is -0.492. The molecule has 10 heteroatoms. The van der Waals surface area contributed by atoms with Crippen molar-refractivity contribution >= 4 is 38.7 Å². The number of aromatic nitrogens is 2. The summed E-state index contributed by atoms with van der Waals surface area (Å²) in [6.07, 6.45) is 6.18. The quantitative estimate of drug-likeness (QED) is 0.445. The Bertz CT molecular complexity index is 1260. The number of hydrogen-bond donors (Lipinski definition) is 0. The highest BCUT2D eigenvalue weighted by atomic mass is 79.9. The molecule has 0 atom stereocenters. The van der Waals surface area contributed by atoms with Crippen molar-refractivity contribution in [2.24, 2.45) is 5.41 Å². The Labute approximate surface area is 238 Å². The molecule has 6 rings (SSSR count). The van der Waals surface area contributed by atoms with Crippen LogP contribution in [-0.2, 0) is 4.74 Å². The number of halogens is 2. The van der Waals surface area contributed by atoms with Gasteiger partial charge in [-0.05, 0) is 93.8 Å². The summed E-state index contributed by atoms with van der Waals surface area (Å²) in [7, 11) is 0. The van der Waals surface area contributed by atoms with Crippen LogP contribution in [0.25, 0.3) is 10.9 Å². The molecule has 0 unspecified atom stereocenters. The van der Waals surface area contributed by atoms with Crippen molar-refractivity contribution in [3.8, 4) is 6.01 Å². The summed E-state index contributed by atoms with van der Waals surface area (Å²) < 4.78 is 27.7. The fourth-order valence-electron chi connectivity index (χ4n) is 6.26. The molecule has 1 aromatic carbocycles. The van der Waals surface area contributed by atoms with Crippen LogP contribution in [0.15, 0.2) is 10.5 Å². The molecule has 4 heterocycles. The molecule has 1 aliphatic carbocycles. The Hall–Kier alpha value is -2.20. The van der Waals surface area contributed by atoms with Crippen molar-refractivity contribution in [2.75, 3.05) is 44.2 Å². The second-order valence-corrected chi connectivity index (χ2v) is 13.7. The lowest BCUT2D eigenvalue weighted by molar-refractivity contribution is -0.0434. The molecule has 0 N–H and O–H groups in total. The van der Waals surface area contributed by atoms with Gasteiger partial charge in [0, 0.05) is 56.1 Å². The van der Waals surface area contributed by atoms with Gasteiger partial charge in [0.05, 0.1) is 4.47 Å². The summed E-state index contributed by atoms with van der Waals surface area (Å²) in [5.74, 6) is 0.362. The number of aryl methyl sites for hydroxylation is 1. The summed E-state index contributed by atoms with van der Waals surface area (Å²) in [4.78, 5) is 28.5. The molecule has 3 saturated heterocycles. The van der Waals surface area contributed by atoms with Gasteiger partial charge in [-0.2, -0.15) is 9.97 Å². The molecule has 1 saturated carbocycles. The number of carbonyl (C=O) groups is 1. The van der Waals surface area contributed by atoms with Crippen LogP contribution in [0, 0.1) is 18.2 Å². The Kier molecular flexibility index (Phi) is 6.93. The highest BCUT2D eigenvalue weighted by Gasteiger charge is 2.48. The molecule has 1 aromatic heterocycles. The van der Waals surface area contributed by atoms with Crippen LogP contribution in [-0.4, -0.2) is 82.9 Å². The molecule has 3 aliphatic heterocycles. The van der Waals surface area contributed by atoms with E-state index < -0.39 is 5.60 Å². The zero-order chi connectivity index (χ0) is 27.5. The van der Waals surface area contributed by atoms with Crippen LogP contribution in [0.3, 0.4) is 0 Å². The van der Waals surface area contributed by atoms with Gasteiger partial charge in [0.25, 0.3) is 0 Å². The van der Waals surface area contributed by atoms with E-state index in [4.69, 9.17) is 14.5 Å². The van der Waals surface area contributed by atoms with Gasteiger partial charge in [-0.1, -0.05) is 0 Å². The SMILES string of the molecule is Cc1cc2c(N3CCC4(CC3)CN(C(=O)OC(C)(C)C)C4)nc(OC3CCN(C4CC4)CC3)nc2c(F)c1Br. The Morgan fingerprint density at radius 1 is 1.08 bits per heavy atom. The monoisotopic (exact) mass is 603 g/mol. The van der Waals surface area contributed by atoms with Crippen molar-refractivity contribution in [3.63, 3.8) is 0 Å². The Balaban J connectivity index is 1.18. The van der Waals surface area contributed by atoms with Crippen LogP contribution < -0.4 is 9.64 Å². The smallest absolute Gasteiger partial charge is 0.410 e. The van der Waals surface area contributed by atoms with Crippen molar-refractivity contribution < 1.29 is 18.7 Å². The molecule has 8 nitrogen and oxygen atoms in total. The van der Waals surface area contributed by atoms with Gasteiger partial charge in [0.15, 0.2) is 5.82 Å². The number of piperidine rings is 2. The average molecular weight is 605 g/mol. The first-order valence-corrected chi connectivity index (χ1v) is 15.1. The Morgan fingerprint density at radius 3 is 2.36 bits per heavy atom. The summed E-state index contributed by atoms with van der Waals surface area (Å²) >= 11 is 3.40. The lowest BCUT2D eigenvalue weighted by atomic mass is 9.72. The zero-order valence-corrected chi connectivity index (χ0v) is 25.0. The number of carbonyl (C=O) groups excluding carboxylic acids is 1. The van der Waals surface area contributed by atoms with E-state index in [-0.39, 0.29) is 29.4 Å². The van der Waals surface area contributed by atoms with Crippen LogP contribution in [0.5, 0.6) is 6.01 Å². The summed E-state index contributed by atoms with van der Waals surface area (Å²) in [6, 6.07) is 2.99. The zero-order valence-electron chi connectivity index (χ0n) is 23.4. The maximum absolute atomic E-state index is 15.5. The molecule has 0 bridgehead atoms. The van der Waals surface area contributed by atoms with Gasteiger partial charge < -0.3 is 24.2 Å². The van der Waals surface area contributed by atoms with Gasteiger partial charge in [-0.3, -0.25) is 0 Å². The lowest BCUT2D eigenvalue weighted by Crippen LogP contribution is -2.62. The van der Waals surface area contributed by atoms with Gasteiger partial charge in [0.1, 0.15) is 23.0 Å².